The lowest BCUT2D eigenvalue weighted by atomic mass is 10.0. The highest BCUT2D eigenvalue weighted by molar-refractivity contribution is 7.11. The molecule has 16 heavy (non-hydrogen) atoms. The molecular weight excluding hydrogens is 220 g/mol. The molecule has 0 fully saturated rings. The van der Waals surface area contributed by atoms with Crippen LogP contribution in [-0.4, -0.2) is 9.97 Å². The van der Waals surface area contributed by atoms with E-state index in [1.54, 1.807) is 17.5 Å². The third-order valence-corrected chi connectivity index (χ3v) is 3.46. The second kappa shape index (κ2) is 4.69. The van der Waals surface area contributed by atoms with Crippen LogP contribution in [0.2, 0.25) is 0 Å². The first kappa shape index (κ1) is 11.2. The van der Waals surface area contributed by atoms with E-state index in [9.17, 15) is 0 Å². The normalized spacial score (nSPS) is 12.7. The Bertz CT molecular complexity index is 480. The topological polar surface area (TPSA) is 63.8 Å². The van der Waals surface area contributed by atoms with Crippen molar-refractivity contribution in [2.45, 2.75) is 19.9 Å². The number of thiazole rings is 1. The molecule has 0 saturated heterocycles. The molecule has 0 amide bonds. The number of rotatable bonds is 3. The van der Waals surface area contributed by atoms with Crippen molar-refractivity contribution in [2.24, 2.45) is 5.84 Å². The van der Waals surface area contributed by atoms with Crippen LogP contribution < -0.4 is 11.3 Å². The van der Waals surface area contributed by atoms with Crippen LogP contribution in [0.1, 0.15) is 27.1 Å². The maximum absolute atomic E-state index is 5.62. The molecule has 0 radical (unpaired) electrons. The van der Waals surface area contributed by atoms with Crippen molar-refractivity contribution >= 4 is 11.3 Å². The van der Waals surface area contributed by atoms with Crippen LogP contribution in [0, 0.1) is 13.8 Å². The molecule has 0 aromatic carbocycles. The van der Waals surface area contributed by atoms with Gasteiger partial charge >= 0.3 is 0 Å². The van der Waals surface area contributed by atoms with E-state index in [-0.39, 0.29) is 6.04 Å². The molecule has 0 spiro atoms. The maximum atomic E-state index is 5.62. The van der Waals surface area contributed by atoms with Crippen molar-refractivity contribution in [3.63, 3.8) is 0 Å². The Morgan fingerprint density at radius 1 is 1.38 bits per heavy atom. The van der Waals surface area contributed by atoms with Gasteiger partial charge in [-0.05, 0) is 31.0 Å². The largest absolute Gasteiger partial charge is 0.271 e. The third-order valence-electron chi connectivity index (χ3n) is 2.48. The first-order valence-electron chi connectivity index (χ1n) is 5.01. The summed E-state index contributed by atoms with van der Waals surface area (Å²) in [4.78, 5) is 9.49. The molecule has 0 aliphatic carbocycles. The third kappa shape index (κ3) is 2.11. The molecule has 0 aliphatic heterocycles. The van der Waals surface area contributed by atoms with Crippen molar-refractivity contribution in [2.75, 3.05) is 0 Å². The molecule has 5 heteroatoms. The van der Waals surface area contributed by atoms with Gasteiger partial charge in [-0.3, -0.25) is 10.8 Å². The van der Waals surface area contributed by atoms with Gasteiger partial charge in [-0.25, -0.2) is 10.4 Å². The number of nitrogens with one attached hydrogen (secondary N) is 1. The fourth-order valence-electron chi connectivity index (χ4n) is 1.61. The number of hydrazine groups is 1. The highest BCUT2D eigenvalue weighted by Crippen LogP contribution is 2.27. The molecule has 84 valence electrons. The van der Waals surface area contributed by atoms with Crippen LogP contribution >= 0.6 is 11.3 Å². The Morgan fingerprint density at radius 3 is 2.75 bits per heavy atom. The minimum absolute atomic E-state index is 0.0279. The summed E-state index contributed by atoms with van der Waals surface area (Å²) in [5, 5.41) is 1.04. The standard InChI is InChI=1S/C11H14N4S/c1-7-3-4-13-5-9(7)11(15-12)10-6-14-8(2)16-10/h3-6,11,15H,12H2,1-2H3. The lowest BCUT2D eigenvalue weighted by molar-refractivity contribution is 0.639. The fraction of sp³-hybridized carbons (Fsp3) is 0.273. The number of hydrogen-bond acceptors (Lipinski definition) is 5. The van der Waals surface area contributed by atoms with Gasteiger partial charge in [0.2, 0.25) is 0 Å². The van der Waals surface area contributed by atoms with Crippen LogP contribution in [0.4, 0.5) is 0 Å². The molecule has 2 aromatic rings. The van der Waals surface area contributed by atoms with Gasteiger partial charge in [-0.15, -0.1) is 11.3 Å². The zero-order chi connectivity index (χ0) is 11.5. The van der Waals surface area contributed by atoms with Crippen LogP contribution in [0.3, 0.4) is 0 Å². The molecule has 2 aromatic heterocycles. The van der Waals surface area contributed by atoms with Gasteiger partial charge in [0.1, 0.15) is 0 Å². The van der Waals surface area contributed by atoms with Gasteiger partial charge in [-0.2, -0.15) is 0 Å². The van der Waals surface area contributed by atoms with E-state index < -0.39 is 0 Å². The molecule has 3 N–H and O–H groups in total. The van der Waals surface area contributed by atoms with Crippen LogP contribution in [-0.2, 0) is 0 Å². The van der Waals surface area contributed by atoms with E-state index in [0.29, 0.717) is 0 Å². The van der Waals surface area contributed by atoms with Crippen LogP contribution in [0.5, 0.6) is 0 Å². The fourth-order valence-corrected chi connectivity index (χ4v) is 2.48. The van der Waals surface area contributed by atoms with E-state index in [1.165, 1.54) is 5.56 Å². The summed E-state index contributed by atoms with van der Waals surface area (Å²) in [6.07, 6.45) is 5.48. The average molecular weight is 234 g/mol. The van der Waals surface area contributed by atoms with Crippen LogP contribution in [0.15, 0.2) is 24.7 Å². The molecule has 0 saturated carbocycles. The molecule has 4 nitrogen and oxygen atoms in total. The Balaban J connectivity index is 2.40. The number of pyridine rings is 1. The monoisotopic (exact) mass is 234 g/mol. The molecule has 2 heterocycles. The van der Waals surface area contributed by atoms with Crippen molar-refractivity contribution in [1.29, 1.82) is 0 Å². The number of hydrogen-bond donors (Lipinski definition) is 2. The predicted octanol–water partition coefficient (Wildman–Crippen LogP) is 1.71. The number of aryl methyl sites for hydroxylation is 2. The summed E-state index contributed by atoms with van der Waals surface area (Å²) >= 11 is 1.64. The highest BCUT2D eigenvalue weighted by atomic mass is 32.1. The Kier molecular flexibility index (Phi) is 3.28. The summed E-state index contributed by atoms with van der Waals surface area (Å²) in [5.41, 5.74) is 5.08. The number of aromatic nitrogens is 2. The summed E-state index contributed by atoms with van der Waals surface area (Å²) in [5.74, 6) is 5.62. The molecule has 1 unspecified atom stereocenters. The van der Waals surface area contributed by atoms with E-state index >= 15 is 0 Å². The minimum atomic E-state index is -0.0279. The Hall–Kier alpha value is -1.30. The first-order valence-corrected chi connectivity index (χ1v) is 5.83. The minimum Gasteiger partial charge on any atom is -0.271 e. The lowest BCUT2D eigenvalue weighted by Gasteiger charge is -2.15. The second-order valence-electron chi connectivity index (χ2n) is 3.61. The Labute approximate surface area is 98.5 Å². The SMILES string of the molecule is Cc1ncc(C(NN)c2cnccc2C)s1. The van der Waals surface area contributed by atoms with Gasteiger partial charge in [-0.1, -0.05) is 0 Å². The van der Waals surface area contributed by atoms with E-state index in [0.717, 1.165) is 15.4 Å². The smallest absolute Gasteiger partial charge is 0.0897 e. The lowest BCUT2D eigenvalue weighted by Crippen LogP contribution is -2.28. The van der Waals surface area contributed by atoms with E-state index in [2.05, 4.69) is 22.3 Å². The Morgan fingerprint density at radius 2 is 2.19 bits per heavy atom. The molecule has 0 bridgehead atoms. The summed E-state index contributed by atoms with van der Waals surface area (Å²) in [6, 6.07) is 1.95. The van der Waals surface area contributed by atoms with Gasteiger partial charge in [0.25, 0.3) is 0 Å². The average Bonchev–Trinajstić information content (AvgIpc) is 2.69. The van der Waals surface area contributed by atoms with Crippen molar-refractivity contribution < 1.29 is 0 Å². The quantitative estimate of drug-likeness (QED) is 0.627. The second-order valence-corrected chi connectivity index (χ2v) is 4.88. The first-order chi connectivity index (χ1) is 7.72. The zero-order valence-electron chi connectivity index (χ0n) is 9.27. The summed E-state index contributed by atoms with van der Waals surface area (Å²) in [6.45, 7) is 4.03. The summed E-state index contributed by atoms with van der Waals surface area (Å²) in [7, 11) is 0. The van der Waals surface area contributed by atoms with Gasteiger partial charge in [0.05, 0.1) is 11.0 Å². The summed E-state index contributed by atoms with van der Waals surface area (Å²) < 4.78 is 0. The number of nitrogens with zero attached hydrogens (tertiary/aromatic N) is 2. The van der Waals surface area contributed by atoms with Crippen molar-refractivity contribution in [1.82, 2.24) is 15.4 Å². The van der Waals surface area contributed by atoms with Crippen molar-refractivity contribution in [3.8, 4) is 0 Å². The maximum Gasteiger partial charge on any atom is 0.0897 e. The zero-order valence-corrected chi connectivity index (χ0v) is 10.1. The number of nitrogens with two attached hydrogens (primary N) is 1. The highest BCUT2D eigenvalue weighted by Gasteiger charge is 2.16. The van der Waals surface area contributed by atoms with E-state index in [1.807, 2.05) is 25.4 Å². The molecule has 1 atom stereocenters. The van der Waals surface area contributed by atoms with Gasteiger partial charge < -0.3 is 0 Å². The van der Waals surface area contributed by atoms with Crippen LogP contribution in [0.25, 0.3) is 0 Å². The van der Waals surface area contributed by atoms with Gasteiger partial charge in [0, 0.05) is 23.5 Å². The van der Waals surface area contributed by atoms with Gasteiger partial charge in [0.15, 0.2) is 0 Å². The molecular formula is C11H14N4S. The van der Waals surface area contributed by atoms with Crippen molar-refractivity contribution in [3.05, 3.63) is 45.7 Å². The van der Waals surface area contributed by atoms with E-state index in [4.69, 9.17) is 5.84 Å². The predicted molar refractivity (Wildman–Crippen MR) is 65.0 cm³/mol. The molecule has 0 aliphatic rings. The molecule has 2 rings (SSSR count).